The Morgan fingerprint density at radius 1 is 1.40 bits per heavy atom. The molecule has 0 saturated heterocycles. The summed E-state index contributed by atoms with van der Waals surface area (Å²) in [5.74, 6) is 0.478. The first-order chi connectivity index (χ1) is 9.43. The molecule has 1 heterocycles. The van der Waals surface area contributed by atoms with Crippen molar-refractivity contribution in [3.63, 3.8) is 0 Å². The maximum atomic E-state index is 13.4. The second-order valence-corrected chi connectivity index (χ2v) is 4.86. The fourth-order valence-electron chi connectivity index (χ4n) is 1.93. The Morgan fingerprint density at radius 3 is 2.70 bits per heavy atom. The number of anilines is 3. The highest BCUT2D eigenvalue weighted by atomic mass is 19.1. The summed E-state index contributed by atoms with van der Waals surface area (Å²) in [6.45, 7) is 5.88. The van der Waals surface area contributed by atoms with Gasteiger partial charge in [-0.15, -0.1) is 0 Å². The third kappa shape index (κ3) is 2.54. The Bertz CT molecular complexity index is 622. The Morgan fingerprint density at radius 2 is 2.10 bits per heavy atom. The topological polar surface area (TPSA) is 65.1 Å². The fourth-order valence-corrected chi connectivity index (χ4v) is 1.93. The monoisotopic (exact) mass is 278 g/mol. The Labute approximate surface area is 117 Å². The van der Waals surface area contributed by atoms with Crippen molar-refractivity contribution < 1.29 is 9.13 Å². The molecule has 0 aliphatic rings. The second-order valence-electron chi connectivity index (χ2n) is 4.86. The molecule has 0 fully saturated rings. The lowest BCUT2D eigenvalue weighted by Crippen LogP contribution is -2.08. The van der Waals surface area contributed by atoms with Gasteiger partial charge >= 0.3 is 0 Å². The van der Waals surface area contributed by atoms with Crippen molar-refractivity contribution in [1.82, 2.24) is 9.78 Å². The van der Waals surface area contributed by atoms with Crippen LogP contribution in [0.2, 0.25) is 0 Å². The van der Waals surface area contributed by atoms with E-state index in [-0.39, 0.29) is 11.8 Å². The highest BCUT2D eigenvalue weighted by molar-refractivity contribution is 5.71. The van der Waals surface area contributed by atoms with Gasteiger partial charge in [0, 0.05) is 17.8 Å². The van der Waals surface area contributed by atoms with Crippen molar-refractivity contribution in [2.75, 3.05) is 18.2 Å². The van der Waals surface area contributed by atoms with Crippen LogP contribution in [0.25, 0.3) is 0 Å². The molecule has 2 rings (SSSR count). The van der Waals surface area contributed by atoms with Crippen molar-refractivity contribution in [2.24, 2.45) is 0 Å². The molecule has 6 heteroatoms. The Hall–Kier alpha value is -2.24. The SMILES string of the molecule is COc1cc(Nc2c(N)c(C)nn2C(C)C)ccc1F. The summed E-state index contributed by atoms with van der Waals surface area (Å²) in [5.41, 5.74) is 8.07. The van der Waals surface area contributed by atoms with E-state index in [4.69, 9.17) is 10.5 Å². The lowest BCUT2D eigenvalue weighted by atomic mass is 10.2. The second kappa shape index (κ2) is 5.40. The summed E-state index contributed by atoms with van der Waals surface area (Å²) in [7, 11) is 1.43. The van der Waals surface area contributed by atoms with E-state index < -0.39 is 5.82 Å². The summed E-state index contributed by atoms with van der Waals surface area (Å²) in [6.07, 6.45) is 0. The normalized spacial score (nSPS) is 10.9. The number of hydrogen-bond acceptors (Lipinski definition) is 4. The minimum absolute atomic E-state index is 0.163. The van der Waals surface area contributed by atoms with E-state index in [0.29, 0.717) is 17.2 Å². The smallest absolute Gasteiger partial charge is 0.165 e. The molecule has 108 valence electrons. The highest BCUT2D eigenvalue weighted by Crippen LogP contribution is 2.30. The quantitative estimate of drug-likeness (QED) is 0.901. The van der Waals surface area contributed by atoms with Crippen molar-refractivity contribution in [3.05, 3.63) is 29.7 Å². The van der Waals surface area contributed by atoms with Gasteiger partial charge in [0.15, 0.2) is 17.4 Å². The molecule has 0 saturated carbocycles. The molecule has 5 nitrogen and oxygen atoms in total. The van der Waals surface area contributed by atoms with Gasteiger partial charge in [0.05, 0.1) is 18.5 Å². The number of rotatable bonds is 4. The van der Waals surface area contributed by atoms with Crippen LogP contribution in [0.4, 0.5) is 21.6 Å². The predicted octanol–water partition coefficient (Wildman–Crippen LogP) is 3.25. The third-order valence-electron chi connectivity index (χ3n) is 3.03. The molecule has 0 radical (unpaired) electrons. The van der Waals surface area contributed by atoms with Crippen molar-refractivity contribution in [2.45, 2.75) is 26.8 Å². The van der Waals surface area contributed by atoms with Crippen LogP contribution in [0.3, 0.4) is 0 Å². The average molecular weight is 278 g/mol. The van der Waals surface area contributed by atoms with Crippen LogP contribution >= 0.6 is 0 Å². The molecule has 20 heavy (non-hydrogen) atoms. The summed E-state index contributed by atoms with van der Waals surface area (Å²) in [5, 5.41) is 7.56. The molecule has 3 N–H and O–H groups in total. The molecule has 0 spiro atoms. The maximum absolute atomic E-state index is 13.4. The van der Waals surface area contributed by atoms with E-state index in [2.05, 4.69) is 10.4 Å². The number of nitrogens with zero attached hydrogens (tertiary/aromatic N) is 2. The zero-order valence-electron chi connectivity index (χ0n) is 12.1. The number of aryl methyl sites for hydroxylation is 1. The van der Waals surface area contributed by atoms with Crippen molar-refractivity contribution in [3.8, 4) is 5.75 Å². The number of ether oxygens (including phenoxy) is 1. The minimum Gasteiger partial charge on any atom is -0.494 e. The van der Waals surface area contributed by atoms with Gasteiger partial charge < -0.3 is 15.8 Å². The zero-order valence-corrected chi connectivity index (χ0v) is 12.1. The standard InChI is InChI=1S/C14H19FN4O/c1-8(2)19-14(13(16)9(3)18-19)17-10-5-6-11(15)12(7-10)20-4/h5-8,17H,16H2,1-4H3. The number of hydrogen-bond donors (Lipinski definition) is 2. The lowest BCUT2D eigenvalue weighted by molar-refractivity contribution is 0.387. The molecular weight excluding hydrogens is 259 g/mol. The van der Waals surface area contributed by atoms with E-state index in [1.807, 2.05) is 20.8 Å². The summed E-state index contributed by atoms with van der Waals surface area (Å²) < 4.78 is 20.2. The van der Waals surface area contributed by atoms with Gasteiger partial charge in [0.1, 0.15) is 0 Å². The average Bonchev–Trinajstić information content (AvgIpc) is 2.69. The molecule has 0 aliphatic heterocycles. The van der Waals surface area contributed by atoms with Crippen LogP contribution < -0.4 is 15.8 Å². The molecule has 0 amide bonds. The first-order valence-electron chi connectivity index (χ1n) is 6.39. The molecule has 2 aromatic rings. The number of benzene rings is 1. The molecule has 0 unspecified atom stereocenters. The van der Waals surface area contributed by atoms with Gasteiger partial charge in [-0.25, -0.2) is 9.07 Å². The Kier molecular flexibility index (Phi) is 3.83. The number of nitrogens with two attached hydrogens (primary N) is 1. The highest BCUT2D eigenvalue weighted by Gasteiger charge is 2.15. The van der Waals surface area contributed by atoms with Crippen LogP contribution in [0, 0.1) is 12.7 Å². The van der Waals surface area contributed by atoms with E-state index in [0.717, 1.165) is 5.69 Å². The van der Waals surface area contributed by atoms with Crippen LogP contribution in [0.5, 0.6) is 5.75 Å². The largest absolute Gasteiger partial charge is 0.494 e. The summed E-state index contributed by atoms with van der Waals surface area (Å²) in [4.78, 5) is 0. The van der Waals surface area contributed by atoms with E-state index in [9.17, 15) is 4.39 Å². The molecular formula is C14H19FN4O. The van der Waals surface area contributed by atoms with Crippen LogP contribution in [0.15, 0.2) is 18.2 Å². The number of aromatic nitrogens is 2. The number of nitrogen functional groups attached to an aromatic ring is 1. The van der Waals surface area contributed by atoms with Gasteiger partial charge in [-0.2, -0.15) is 5.10 Å². The van der Waals surface area contributed by atoms with Crippen LogP contribution in [0.1, 0.15) is 25.6 Å². The predicted molar refractivity (Wildman–Crippen MR) is 78.0 cm³/mol. The van der Waals surface area contributed by atoms with Crippen molar-refractivity contribution >= 4 is 17.2 Å². The molecule has 1 aromatic carbocycles. The van der Waals surface area contributed by atoms with Crippen LogP contribution in [-0.4, -0.2) is 16.9 Å². The summed E-state index contributed by atoms with van der Waals surface area (Å²) in [6, 6.07) is 4.72. The molecule has 0 atom stereocenters. The number of nitrogens with one attached hydrogen (secondary N) is 1. The molecule has 0 aliphatic carbocycles. The van der Waals surface area contributed by atoms with E-state index in [1.54, 1.807) is 16.8 Å². The van der Waals surface area contributed by atoms with Gasteiger partial charge in [-0.3, -0.25) is 0 Å². The summed E-state index contributed by atoms with van der Waals surface area (Å²) >= 11 is 0. The third-order valence-corrected chi connectivity index (χ3v) is 3.03. The van der Waals surface area contributed by atoms with E-state index in [1.165, 1.54) is 13.2 Å². The maximum Gasteiger partial charge on any atom is 0.165 e. The van der Waals surface area contributed by atoms with Gasteiger partial charge in [-0.1, -0.05) is 0 Å². The zero-order chi connectivity index (χ0) is 14.9. The van der Waals surface area contributed by atoms with Gasteiger partial charge in [-0.05, 0) is 32.9 Å². The van der Waals surface area contributed by atoms with Gasteiger partial charge in [0.2, 0.25) is 0 Å². The molecule has 1 aromatic heterocycles. The number of halogens is 1. The van der Waals surface area contributed by atoms with Gasteiger partial charge in [0.25, 0.3) is 0 Å². The minimum atomic E-state index is -0.403. The first-order valence-corrected chi connectivity index (χ1v) is 6.39. The van der Waals surface area contributed by atoms with E-state index >= 15 is 0 Å². The fraction of sp³-hybridized carbons (Fsp3) is 0.357. The number of methoxy groups -OCH3 is 1. The van der Waals surface area contributed by atoms with Crippen LogP contribution in [-0.2, 0) is 0 Å². The first kappa shape index (κ1) is 14.2. The van der Waals surface area contributed by atoms with Crippen molar-refractivity contribution in [1.29, 1.82) is 0 Å². The molecule has 0 bridgehead atoms. The lowest BCUT2D eigenvalue weighted by Gasteiger charge is -2.14. The Balaban J connectivity index is 2.39.